The molecule has 1 aliphatic rings. The van der Waals surface area contributed by atoms with Crippen molar-refractivity contribution >= 4 is 14.3 Å². The zero-order chi connectivity index (χ0) is 20.2. The van der Waals surface area contributed by atoms with E-state index >= 15 is 0 Å². The van der Waals surface area contributed by atoms with Crippen LogP contribution in [0.25, 0.3) is 0 Å². The molecule has 26 heavy (non-hydrogen) atoms. The summed E-state index contributed by atoms with van der Waals surface area (Å²) >= 11 is 0. The van der Waals surface area contributed by atoms with E-state index in [1.54, 1.807) is 0 Å². The van der Waals surface area contributed by atoms with Gasteiger partial charge in [-0.3, -0.25) is 0 Å². The van der Waals surface area contributed by atoms with Gasteiger partial charge in [-0.15, -0.1) is 6.58 Å². The van der Waals surface area contributed by atoms with Crippen molar-refractivity contribution < 1.29 is 23.4 Å². The van der Waals surface area contributed by atoms with Crippen molar-refractivity contribution in [2.75, 3.05) is 7.11 Å². The molecule has 152 valence electrons. The lowest BCUT2D eigenvalue weighted by molar-refractivity contribution is -0.169. The second-order valence-corrected chi connectivity index (χ2v) is 13.8. The number of esters is 1. The Hall–Kier alpha value is -0.693. The largest absolute Gasteiger partial charge is 0.467 e. The second-order valence-electron chi connectivity index (χ2n) is 9.03. The molecule has 1 saturated heterocycles. The molecule has 0 unspecified atom stereocenters. The van der Waals surface area contributed by atoms with Crippen LogP contribution >= 0.6 is 0 Å². The van der Waals surface area contributed by atoms with Crippen molar-refractivity contribution in [2.24, 2.45) is 0 Å². The first-order valence-electron chi connectivity index (χ1n) is 9.57. The summed E-state index contributed by atoms with van der Waals surface area (Å²) in [6.45, 7) is 18.2. The second kappa shape index (κ2) is 9.00. The number of unbranched alkanes of at least 4 members (excludes halogenated alkanes) is 2. The van der Waals surface area contributed by atoms with Crippen molar-refractivity contribution in [3.05, 3.63) is 12.7 Å². The number of hydrogen-bond acceptors (Lipinski definition) is 5. The van der Waals surface area contributed by atoms with Crippen molar-refractivity contribution in [2.45, 2.75) is 103 Å². The van der Waals surface area contributed by atoms with Gasteiger partial charge in [-0.05, 0) is 51.2 Å². The number of hydrogen-bond donors (Lipinski definition) is 0. The third kappa shape index (κ3) is 6.18. The minimum absolute atomic E-state index is 0.0201. The van der Waals surface area contributed by atoms with Gasteiger partial charge < -0.3 is 18.6 Å². The summed E-state index contributed by atoms with van der Waals surface area (Å²) in [7, 11) is -0.791. The molecule has 3 atom stereocenters. The Morgan fingerprint density at radius 3 is 2.38 bits per heavy atom. The van der Waals surface area contributed by atoms with Crippen LogP contribution in [0.3, 0.4) is 0 Å². The molecule has 0 spiro atoms. The molecule has 0 amide bonds. The van der Waals surface area contributed by atoms with E-state index in [0.29, 0.717) is 0 Å². The summed E-state index contributed by atoms with van der Waals surface area (Å²) in [5.74, 6) is -1.13. The summed E-state index contributed by atoms with van der Waals surface area (Å²) in [6, 6.07) is 0. The normalized spacial score (nSPS) is 24.3. The van der Waals surface area contributed by atoms with Crippen LogP contribution in [0.5, 0.6) is 0 Å². The molecule has 1 aliphatic heterocycles. The summed E-state index contributed by atoms with van der Waals surface area (Å²) in [4.78, 5) is 12.6. The molecule has 0 N–H and O–H groups in total. The fraction of sp³-hybridized carbons (Fsp3) is 0.850. The van der Waals surface area contributed by atoms with Gasteiger partial charge in [-0.25, -0.2) is 4.79 Å². The van der Waals surface area contributed by atoms with Crippen LogP contribution in [0.1, 0.15) is 60.3 Å². The molecule has 0 radical (unpaired) electrons. The summed E-state index contributed by atoms with van der Waals surface area (Å²) in [6.07, 6.45) is 4.32. The molecule has 1 fully saturated rings. The Morgan fingerprint density at radius 2 is 1.88 bits per heavy atom. The lowest BCUT2D eigenvalue weighted by atomic mass is 10.0. The van der Waals surface area contributed by atoms with Crippen LogP contribution in [0.15, 0.2) is 12.7 Å². The van der Waals surface area contributed by atoms with Gasteiger partial charge in [0.1, 0.15) is 6.10 Å². The fourth-order valence-corrected chi connectivity index (χ4v) is 4.06. The molecule has 0 aromatic heterocycles. The molecule has 0 aliphatic carbocycles. The average Bonchev–Trinajstić information content (AvgIpc) is 2.82. The van der Waals surface area contributed by atoms with Gasteiger partial charge in [0.05, 0.1) is 13.2 Å². The number of carbonyl (C=O) groups is 1. The average molecular weight is 387 g/mol. The predicted octanol–water partition coefficient (Wildman–Crippen LogP) is 4.82. The Labute approximate surface area is 160 Å². The summed E-state index contributed by atoms with van der Waals surface area (Å²) < 4.78 is 23.7. The summed E-state index contributed by atoms with van der Waals surface area (Å²) in [5, 5.41) is -0.0201. The number of allylic oxidation sites excluding steroid dienone is 1. The van der Waals surface area contributed by atoms with Crippen LogP contribution in [0, 0.1) is 0 Å². The number of ether oxygens (including phenoxy) is 3. The molecule has 1 heterocycles. The number of carbonyl (C=O) groups excluding carboxylic acids is 1. The lowest BCUT2D eigenvalue weighted by Gasteiger charge is -2.40. The van der Waals surface area contributed by atoms with E-state index in [-0.39, 0.29) is 11.1 Å². The van der Waals surface area contributed by atoms with Crippen molar-refractivity contribution in [3.63, 3.8) is 0 Å². The van der Waals surface area contributed by atoms with E-state index in [9.17, 15) is 4.79 Å². The maximum absolute atomic E-state index is 12.6. The first kappa shape index (κ1) is 23.3. The minimum atomic E-state index is -2.18. The minimum Gasteiger partial charge on any atom is -0.467 e. The quantitative estimate of drug-likeness (QED) is 0.246. The van der Waals surface area contributed by atoms with Crippen LogP contribution in [0.4, 0.5) is 0 Å². The van der Waals surface area contributed by atoms with E-state index in [0.717, 1.165) is 25.7 Å². The van der Waals surface area contributed by atoms with E-state index in [2.05, 4.69) is 40.4 Å². The highest BCUT2D eigenvalue weighted by atomic mass is 28.4. The third-order valence-corrected chi connectivity index (χ3v) is 9.78. The van der Waals surface area contributed by atoms with Gasteiger partial charge in [0.2, 0.25) is 0 Å². The number of rotatable bonds is 9. The lowest BCUT2D eigenvalue weighted by Crippen LogP contribution is -2.52. The molecule has 1 rings (SSSR count). The van der Waals surface area contributed by atoms with Crippen LogP contribution in [-0.2, 0) is 23.4 Å². The van der Waals surface area contributed by atoms with Gasteiger partial charge in [-0.1, -0.05) is 33.3 Å². The molecule has 0 bridgehead atoms. The SMILES string of the molecule is C=CCCCC[C@H]1OC(C)(C)O[C@@H]1[C@H](O[Si](C)(C)C(C)(C)C)C(=O)OC. The molecule has 5 nitrogen and oxygen atoms in total. The topological polar surface area (TPSA) is 54.0 Å². The van der Waals surface area contributed by atoms with Gasteiger partial charge in [0.15, 0.2) is 20.2 Å². The first-order chi connectivity index (χ1) is 11.8. The van der Waals surface area contributed by atoms with Crippen molar-refractivity contribution in [1.29, 1.82) is 0 Å². The van der Waals surface area contributed by atoms with Crippen LogP contribution < -0.4 is 0 Å². The standard InChI is InChI=1S/C20H38O5Si/c1-10-11-12-13-14-15-16(24-20(5,6)23-15)17(18(21)22-7)25-26(8,9)19(2,3)4/h10,15-17H,1,11-14H2,2-9H3/t15-,16+,17+/m1/s1. The fourth-order valence-electron chi connectivity index (χ4n) is 2.84. The van der Waals surface area contributed by atoms with E-state index in [1.165, 1.54) is 7.11 Å². The van der Waals surface area contributed by atoms with Gasteiger partial charge in [0, 0.05) is 0 Å². The zero-order valence-corrected chi connectivity index (χ0v) is 18.9. The van der Waals surface area contributed by atoms with Crippen molar-refractivity contribution in [3.8, 4) is 0 Å². The highest BCUT2D eigenvalue weighted by molar-refractivity contribution is 6.74. The Kier molecular flexibility index (Phi) is 8.08. The smallest absolute Gasteiger partial charge is 0.336 e. The first-order valence-corrected chi connectivity index (χ1v) is 12.5. The van der Waals surface area contributed by atoms with Gasteiger partial charge in [-0.2, -0.15) is 0 Å². The Bertz CT molecular complexity index is 481. The van der Waals surface area contributed by atoms with Crippen LogP contribution in [-0.4, -0.2) is 45.5 Å². The molecular weight excluding hydrogens is 348 g/mol. The van der Waals surface area contributed by atoms with Gasteiger partial charge in [0.25, 0.3) is 0 Å². The summed E-state index contributed by atoms with van der Waals surface area (Å²) in [5.41, 5.74) is 0. The molecular formula is C20H38O5Si. The molecule has 0 aromatic rings. The van der Waals surface area contributed by atoms with Crippen LogP contribution in [0.2, 0.25) is 18.1 Å². The van der Waals surface area contributed by atoms with E-state index < -0.39 is 32.3 Å². The molecule has 6 heteroatoms. The molecule has 0 saturated carbocycles. The van der Waals surface area contributed by atoms with Crippen molar-refractivity contribution in [1.82, 2.24) is 0 Å². The number of methoxy groups -OCH3 is 1. The van der Waals surface area contributed by atoms with E-state index in [4.69, 9.17) is 18.6 Å². The Morgan fingerprint density at radius 1 is 1.27 bits per heavy atom. The monoisotopic (exact) mass is 386 g/mol. The van der Waals surface area contributed by atoms with E-state index in [1.807, 2.05) is 19.9 Å². The highest BCUT2D eigenvalue weighted by Crippen LogP contribution is 2.40. The highest BCUT2D eigenvalue weighted by Gasteiger charge is 2.51. The Balaban J connectivity index is 3.01. The zero-order valence-electron chi connectivity index (χ0n) is 17.9. The molecule has 0 aromatic carbocycles. The predicted molar refractivity (Wildman–Crippen MR) is 107 cm³/mol. The maximum Gasteiger partial charge on any atom is 0.336 e. The maximum atomic E-state index is 12.6. The van der Waals surface area contributed by atoms with Gasteiger partial charge >= 0.3 is 5.97 Å². The third-order valence-electron chi connectivity index (χ3n) is 5.33.